The zero-order valence-electron chi connectivity index (χ0n) is 16.2. The lowest BCUT2D eigenvalue weighted by Crippen LogP contribution is -2.18. The van der Waals surface area contributed by atoms with Crippen molar-refractivity contribution >= 4 is 28.2 Å². The van der Waals surface area contributed by atoms with E-state index in [1.54, 1.807) is 36.1 Å². The Bertz CT molecular complexity index is 1190. The summed E-state index contributed by atoms with van der Waals surface area (Å²) in [7, 11) is 0.491. The molecule has 154 valence electrons. The van der Waals surface area contributed by atoms with Gasteiger partial charge in [0.2, 0.25) is 0 Å². The average Bonchev–Trinajstić information content (AvgIpc) is 3.24. The Kier molecular flexibility index (Phi) is 5.08. The second kappa shape index (κ2) is 7.71. The third kappa shape index (κ3) is 3.45. The van der Waals surface area contributed by atoms with Crippen LogP contribution in [0.5, 0.6) is 5.75 Å². The van der Waals surface area contributed by atoms with Gasteiger partial charge in [0.05, 0.1) is 34.9 Å². The first-order chi connectivity index (χ1) is 14.4. The number of anilines is 1. The van der Waals surface area contributed by atoms with E-state index in [0.29, 0.717) is 34.3 Å². The van der Waals surface area contributed by atoms with Crippen molar-refractivity contribution in [3.8, 4) is 11.4 Å². The average molecular weight is 426 g/mol. The molecule has 1 atom stereocenters. The number of amides is 1. The van der Waals surface area contributed by atoms with E-state index in [0.717, 1.165) is 0 Å². The Morgan fingerprint density at radius 2 is 1.97 bits per heavy atom. The summed E-state index contributed by atoms with van der Waals surface area (Å²) in [6.45, 7) is 1.54. The van der Waals surface area contributed by atoms with Crippen LogP contribution >= 0.6 is 0 Å². The molecule has 1 amide bonds. The summed E-state index contributed by atoms with van der Waals surface area (Å²) in [5, 5.41) is 18.6. The fraction of sp³-hybridized carbons (Fsp3) is 0.200. The Balaban J connectivity index is 1.75. The van der Waals surface area contributed by atoms with E-state index in [-0.39, 0.29) is 22.6 Å². The number of carbonyl (C=O) groups excluding carboxylic acids is 1. The van der Waals surface area contributed by atoms with Crippen LogP contribution in [0.2, 0.25) is 0 Å². The van der Waals surface area contributed by atoms with E-state index >= 15 is 0 Å². The molecule has 30 heavy (non-hydrogen) atoms. The van der Waals surface area contributed by atoms with E-state index in [2.05, 4.69) is 10.4 Å². The molecule has 4 rings (SSSR count). The van der Waals surface area contributed by atoms with Crippen molar-refractivity contribution in [2.45, 2.75) is 18.4 Å². The van der Waals surface area contributed by atoms with Gasteiger partial charge >= 0.3 is 0 Å². The zero-order chi connectivity index (χ0) is 21.4. The number of ether oxygens (including phenoxy) is 1. The van der Waals surface area contributed by atoms with Crippen LogP contribution in [0.25, 0.3) is 5.69 Å². The van der Waals surface area contributed by atoms with Crippen molar-refractivity contribution in [3.63, 3.8) is 0 Å². The molecule has 10 heteroatoms. The van der Waals surface area contributed by atoms with Gasteiger partial charge in [-0.25, -0.2) is 4.68 Å². The lowest BCUT2D eigenvalue weighted by molar-refractivity contribution is -0.385. The predicted molar refractivity (Wildman–Crippen MR) is 111 cm³/mol. The third-order valence-corrected chi connectivity index (χ3v) is 6.17. The highest BCUT2D eigenvalue weighted by atomic mass is 32.2. The Hall–Kier alpha value is -3.53. The van der Waals surface area contributed by atoms with Gasteiger partial charge in [0.25, 0.3) is 11.6 Å². The van der Waals surface area contributed by atoms with Gasteiger partial charge in [0, 0.05) is 33.6 Å². The summed E-state index contributed by atoms with van der Waals surface area (Å²) in [6, 6.07) is 11.5. The first kappa shape index (κ1) is 19.8. The van der Waals surface area contributed by atoms with Crippen LogP contribution < -0.4 is 10.1 Å². The minimum atomic E-state index is -1.08. The number of methoxy groups -OCH3 is 1. The third-order valence-electron chi connectivity index (χ3n) is 4.97. The molecular weight excluding hydrogens is 408 g/mol. The summed E-state index contributed by atoms with van der Waals surface area (Å²) in [5.41, 5.74) is 2.41. The van der Waals surface area contributed by atoms with Crippen LogP contribution in [0.15, 0.2) is 42.5 Å². The molecule has 0 bridgehead atoms. The van der Waals surface area contributed by atoms with Gasteiger partial charge in [-0.1, -0.05) is 6.07 Å². The van der Waals surface area contributed by atoms with Crippen molar-refractivity contribution in [2.24, 2.45) is 0 Å². The van der Waals surface area contributed by atoms with Gasteiger partial charge in [-0.3, -0.25) is 19.1 Å². The molecule has 9 nitrogen and oxygen atoms in total. The van der Waals surface area contributed by atoms with E-state index in [4.69, 9.17) is 4.74 Å². The predicted octanol–water partition coefficient (Wildman–Crippen LogP) is 3.11. The van der Waals surface area contributed by atoms with Crippen LogP contribution in [0, 0.1) is 17.0 Å². The molecule has 2 aromatic carbocycles. The quantitative estimate of drug-likeness (QED) is 0.495. The summed E-state index contributed by atoms with van der Waals surface area (Å²) >= 11 is 0. The summed E-state index contributed by atoms with van der Waals surface area (Å²) in [5.74, 6) is 1.20. The number of nitro benzene ring substituents is 1. The number of nitrogens with zero attached hydrogens (tertiary/aromatic N) is 3. The minimum Gasteiger partial charge on any atom is -0.497 e. The van der Waals surface area contributed by atoms with Crippen LogP contribution in [-0.4, -0.2) is 31.9 Å². The van der Waals surface area contributed by atoms with Gasteiger partial charge in [-0.15, -0.1) is 0 Å². The van der Waals surface area contributed by atoms with Gasteiger partial charge in [0.15, 0.2) is 0 Å². The maximum absolute atomic E-state index is 13.0. The highest BCUT2D eigenvalue weighted by Crippen LogP contribution is 2.32. The molecule has 0 fully saturated rings. The maximum Gasteiger partial charge on any atom is 0.273 e. The number of nitro groups is 1. The van der Waals surface area contributed by atoms with Crippen LogP contribution in [0.3, 0.4) is 0 Å². The second-order valence-electron chi connectivity index (χ2n) is 6.77. The van der Waals surface area contributed by atoms with Gasteiger partial charge in [0.1, 0.15) is 11.6 Å². The molecule has 1 N–H and O–H groups in total. The first-order valence-electron chi connectivity index (χ1n) is 9.04. The van der Waals surface area contributed by atoms with Crippen LogP contribution in [-0.2, 0) is 22.3 Å². The number of rotatable bonds is 5. The topological polar surface area (TPSA) is 116 Å². The summed E-state index contributed by atoms with van der Waals surface area (Å²) in [6.07, 6.45) is 0. The fourth-order valence-electron chi connectivity index (χ4n) is 3.41. The molecule has 2 heterocycles. The summed E-state index contributed by atoms with van der Waals surface area (Å²) < 4.78 is 18.8. The van der Waals surface area contributed by atoms with Crippen molar-refractivity contribution in [3.05, 3.63) is 75.0 Å². The largest absolute Gasteiger partial charge is 0.497 e. The standard InChI is InChI=1S/C20H18N4O5S/c1-12-15(4-3-5-18(12)24(26)27)20(25)21-19-16-10-30(28)11-17(16)22-23(19)13-6-8-14(29-2)9-7-13/h3-9H,10-11H2,1-2H3,(H,21,25)/t30-/m1/s1. The first-order valence-corrected chi connectivity index (χ1v) is 10.5. The normalized spacial score (nSPS) is 14.9. The highest BCUT2D eigenvalue weighted by molar-refractivity contribution is 7.83. The number of hydrogen-bond acceptors (Lipinski definition) is 6. The number of benzene rings is 2. The minimum absolute atomic E-state index is 0.127. The van der Waals surface area contributed by atoms with E-state index in [1.165, 1.54) is 25.1 Å². The van der Waals surface area contributed by atoms with Crippen molar-refractivity contribution < 1.29 is 18.7 Å². The number of carbonyl (C=O) groups is 1. The lowest BCUT2D eigenvalue weighted by atomic mass is 10.1. The Labute approximate surface area is 174 Å². The van der Waals surface area contributed by atoms with Crippen molar-refractivity contribution in [2.75, 3.05) is 12.4 Å². The molecule has 1 aliphatic heterocycles. The summed E-state index contributed by atoms with van der Waals surface area (Å²) in [4.78, 5) is 23.7. The molecule has 0 spiro atoms. The number of hydrogen-bond donors (Lipinski definition) is 1. The second-order valence-corrected chi connectivity index (χ2v) is 8.23. The zero-order valence-corrected chi connectivity index (χ0v) is 17.1. The SMILES string of the molecule is COc1ccc(-n2nc3c(c2NC(=O)c2cccc([N+](=O)[O-])c2C)C[S@@](=O)C3)cc1. The number of nitrogens with one attached hydrogen (secondary N) is 1. The fourth-order valence-corrected chi connectivity index (χ4v) is 4.67. The maximum atomic E-state index is 13.0. The highest BCUT2D eigenvalue weighted by Gasteiger charge is 2.29. The van der Waals surface area contributed by atoms with Crippen molar-refractivity contribution in [1.82, 2.24) is 9.78 Å². The molecule has 0 radical (unpaired) electrons. The van der Waals surface area contributed by atoms with Crippen LogP contribution in [0.1, 0.15) is 27.2 Å². The van der Waals surface area contributed by atoms with E-state index in [1.807, 2.05) is 0 Å². The molecule has 1 aromatic heterocycles. The molecule has 0 aliphatic carbocycles. The van der Waals surface area contributed by atoms with E-state index < -0.39 is 21.6 Å². The smallest absolute Gasteiger partial charge is 0.273 e. The molecular formula is C20H18N4O5S. The van der Waals surface area contributed by atoms with Gasteiger partial charge in [-0.2, -0.15) is 5.10 Å². The van der Waals surface area contributed by atoms with Crippen LogP contribution in [0.4, 0.5) is 11.5 Å². The number of aromatic nitrogens is 2. The monoisotopic (exact) mass is 426 g/mol. The Morgan fingerprint density at radius 1 is 1.23 bits per heavy atom. The van der Waals surface area contributed by atoms with E-state index in [9.17, 15) is 19.1 Å². The van der Waals surface area contributed by atoms with Crippen molar-refractivity contribution in [1.29, 1.82) is 0 Å². The molecule has 0 unspecified atom stereocenters. The molecule has 0 saturated carbocycles. The molecule has 3 aromatic rings. The van der Waals surface area contributed by atoms with Gasteiger partial charge < -0.3 is 10.1 Å². The molecule has 1 aliphatic rings. The molecule has 0 saturated heterocycles. The number of fused-ring (bicyclic) bond motifs is 1. The lowest BCUT2D eigenvalue weighted by Gasteiger charge is -2.12. The van der Waals surface area contributed by atoms with Gasteiger partial charge in [-0.05, 0) is 37.3 Å². The Morgan fingerprint density at radius 3 is 2.63 bits per heavy atom.